The highest BCUT2D eigenvalue weighted by molar-refractivity contribution is 6.29. The fourth-order valence-corrected chi connectivity index (χ4v) is 2.77. The Labute approximate surface area is 140 Å². The number of rotatable bonds is 3. The van der Waals surface area contributed by atoms with Crippen molar-refractivity contribution in [1.82, 2.24) is 9.97 Å². The first-order valence-corrected chi connectivity index (χ1v) is 7.91. The molecule has 0 bridgehead atoms. The van der Waals surface area contributed by atoms with E-state index in [1.54, 1.807) is 18.2 Å². The van der Waals surface area contributed by atoms with Crippen LogP contribution in [-0.2, 0) is 6.42 Å². The van der Waals surface area contributed by atoms with Gasteiger partial charge in [-0.15, -0.1) is 0 Å². The van der Waals surface area contributed by atoms with Gasteiger partial charge in [-0.1, -0.05) is 18.5 Å². The molecule has 0 fully saturated rings. The van der Waals surface area contributed by atoms with E-state index in [0.29, 0.717) is 40.9 Å². The molecule has 0 amide bonds. The van der Waals surface area contributed by atoms with Gasteiger partial charge in [0.05, 0.1) is 12.0 Å². The number of ketones is 1. The van der Waals surface area contributed by atoms with Crippen LogP contribution in [0.2, 0.25) is 5.15 Å². The minimum Gasteiger partial charge on any atom is -0.487 e. The standard InChI is InChI=1S/C17H18ClN3O2/c1-4-15-20-14(18)8-16(21-15)19-10-5-6-13-11(7-10)12(22)9-17(2,3)23-13/h5-8H,4,9H2,1-3H3,(H,19,20,21). The van der Waals surface area contributed by atoms with Crippen LogP contribution in [0.15, 0.2) is 24.3 Å². The number of carbonyl (C=O) groups is 1. The Bertz CT molecular complexity index is 774. The number of aromatic nitrogens is 2. The maximum Gasteiger partial charge on any atom is 0.170 e. The van der Waals surface area contributed by atoms with E-state index in [-0.39, 0.29) is 5.78 Å². The van der Waals surface area contributed by atoms with Crippen molar-refractivity contribution in [3.05, 3.63) is 40.8 Å². The molecule has 5 nitrogen and oxygen atoms in total. The molecule has 1 aliphatic rings. The predicted molar refractivity (Wildman–Crippen MR) is 89.8 cm³/mol. The van der Waals surface area contributed by atoms with Crippen LogP contribution in [-0.4, -0.2) is 21.4 Å². The molecule has 0 spiro atoms. The van der Waals surface area contributed by atoms with E-state index >= 15 is 0 Å². The lowest BCUT2D eigenvalue weighted by Gasteiger charge is -2.31. The first-order valence-electron chi connectivity index (χ1n) is 7.53. The van der Waals surface area contributed by atoms with Crippen LogP contribution in [0.5, 0.6) is 5.75 Å². The van der Waals surface area contributed by atoms with Crippen molar-refractivity contribution in [3.63, 3.8) is 0 Å². The van der Waals surface area contributed by atoms with Crippen LogP contribution >= 0.6 is 11.6 Å². The number of carbonyl (C=O) groups excluding carboxylic acids is 1. The number of halogens is 1. The Hall–Kier alpha value is -2.14. The second-order valence-corrected chi connectivity index (χ2v) is 6.53. The van der Waals surface area contributed by atoms with Gasteiger partial charge in [0.15, 0.2) is 5.78 Å². The third-order valence-corrected chi connectivity index (χ3v) is 3.78. The minimum atomic E-state index is -0.463. The number of ether oxygens (including phenoxy) is 1. The second-order valence-electron chi connectivity index (χ2n) is 6.14. The van der Waals surface area contributed by atoms with Gasteiger partial charge in [-0.25, -0.2) is 9.97 Å². The molecular weight excluding hydrogens is 314 g/mol. The normalized spacial score (nSPS) is 15.7. The van der Waals surface area contributed by atoms with Gasteiger partial charge in [0.1, 0.15) is 28.1 Å². The molecule has 0 saturated heterocycles. The molecule has 0 radical (unpaired) electrons. The molecule has 1 aromatic carbocycles. The molecule has 6 heteroatoms. The van der Waals surface area contributed by atoms with E-state index in [1.165, 1.54) is 0 Å². The van der Waals surface area contributed by atoms with Crippen molar-refractivity contribution in [1.29, 1.82) is 0 Å². The number of benzene rings is 1. The van der Waals surface area contributed by atoms with Gasteiger partial charge in [-0.3, -0.25) is 4.79 Å². The number of anilines is 2. The van der Waals surface area contributed by atoms with Crippen LogP contribution in [0.3, 0.4) is 0 Å². The summed E-state index contributed by atoms with van der Waals surface area (Å²) in [4.78, 5) is 20.8. The van der Waals surface area contributed by atoms with Crippen molar-refractivity contribution in [2.24, 2.45) is 0 Å². The maximum absolute atomic E-state index is 12.3. The summed E-state index contributed by atoms with van der Waals surface area (Å²) < 4.78 is 5.86. The summed E-state index contributed by atoms with van der Waals surface area (Å²) in [6.07, 6.45) is 1.06. The zero-order chi connectivity index (χ0) is 16.6. The van der Waals surface area contributed by atoms with Crippen molar-refractivity contribution < 1.29 is 9.53 Å². The molecule has 0 saturated carbocycles. The average molecular weight is 332 g/mol. The molecule has 0 atom stereocenters. The van der Waals surface area contributed by atoms with E-state index in [4.69, 9.17) is 16.3 Å². The van der Waals surface area contributed by atoms with Gasteiger partial charge >= 0.3 is 0 Å². The average Bonchev–Trinajstić information content (AvgIpc) is 2.46. The molecule has 2 aromatic rings. The molecule has 0 aliphatic carbocycles. The van der Waals surface area contributed by atoms with Gasteiger partial charge in [0.25, 0.3) is 0 Å². The number of nitrogens with zero attached hydrogens (tertiary/aromatic N) is 2. The third kappa shape index (κ3) is 3.45. The smallest absolute Gasteiger partial charge is 0.170 e. The van der Waals surface area contributed by atoms with E-state index in [0.717, 1.165) is 5.69 Å². The molecule has 1 aliphatic heterocycles. The van der Waals surface area contributed by atoms with Crippen molar-refractivity contribution in [2.75, 3.05) is 5.32 Å². The molecule has 0 unspecified atom stereocenters. The Morgan fingerprint density at radius 3 is 2.83 bits per heavy atom. The molecule has 1 N–H and O–H groups in total. The highest BCUT2D eigenvalue weighted by Gasteiger charge is 2.32. The Morgan fingerprint density at radius 2 is 2.09 bits per heavy atom. The first kappa shape index (κ1) is 15.7. The highest BCUT2D eigenvalue weighted by Crippen LogP contribution is 2.35. The van der Waals surface area contributed by atoms with E-state index < -0.39 is 5.60 Å². The summed E-state index contributed by atoms with van der Waals surface area (Å²) >= 11 is 6.00. The summed E-state index contributed by atoms with van der Waals surface area (Å²) in [6.45, 7) is 5.79. The third-order valence-electron chi connectivity index (χ3n) is 3.58. The fourth-order valence-electron chi connectivity index (χ4n) is 2.57. The minimum absolute atomic E-state index is 0.0786. The van der Waals surface area contributed by atoms with E-state index in [9.17, 15) is 4.79 Å². The van der Waals surface area contributed by atoms with Crippen molar-refractivity contribution in [3.8, 4) is 5.75 Å². The predicted octanol–water partition coefficient (Wildman–Crippen LogP) is 4.18. The zero-order valence-electron chi connectivity index (χ0n) is 13.3. The lowest BCUT2D eigenvalue weighted by atomic mass is 9.93. The van der Waals surface area contributed by atoms with Crippen LogP contribution in [0.25, 0.3) is 0 Å². The van der Waals surface area contributed by atoms with Crippen molar-refractivity contribution >= 4 is 28.9 Å². The quantitative estimate of drug-likeness (QED) is 0.855. The van der Waals surface area contributed by atoms with Gasteiger partial charge in [-0.2, -0.15) is 0 Å². The monoisotopic (exact) mass is 331 g/mol. The van der Waals surface area contributed by atoms with Crippen LogP contribution in [0, 0.1) is 0 Å². The first-order chi connectivity index (χ1) is 10.9. The van der Waals surface area contributed by atoms with Gasteiger partial charge < -0.3 is 10.1 Å². The number of aryl methyl sites for hydroxylation is 1. The molecule has 1 aromatic heterocycles. The lowest BCUT2D eigenvalue weighted by Crippen LogP contribution is -2.35. The van der Waals surface area contributed by atoms with E-state index in [2.05, 4.69) is 15.3 Å². The number of Topliss-reactive ketones (excluding diaryl/α,β-unsaturated/α-hetero) is 1. The number of hydrogen-bond acceptors (Lipinski definition) is 5. The summed E-state index contributed by atoms with van der Waals surface area (Å²) in [6, 6.07) is 7.10. The van der Waals surface area contributed by atoms with E-state index in [1.807, 2.05) is 26.8 Å². The number of fused-ring (bicyclic) bond motifs is 1. The topological polar surface area (TPSA) is 64.1 Å². The molecule has 2 heterocycles. The highest BCUT2D eigenvalue weighted by atomic mass is 35.5. The van der Waals surface area contributed by atoms with Gasteiger partial charge in [-0.05, 0) is 32.0 Å². The summed E-state index contributed by atoms with van der Waals surface area (Å²) in [7, 11) is 0. The van der Waals surface area contributed by atoms with Crippen LogP contribution < -0.4 is 10.1 Å². The number of hydrogen-bond donors (Lipinski definition) is 1. The second kappa shape index (κ2) is 5.81. The van der Waals surface area contributed by atoms with Gasteiger partial charge in [0, 0.05) is 18.2 Å². The summed E-state index contributed by atoms with van der Waals surface area (Å²) in [5.74, 6) is 1.96. The fraction of sp³-hybridized carbons (Fsp3) is 0.353. The molecule has 120 valence electrons. The zero-order valence-corrected chi connectivity index (χ0v) is 14.1. The Kier molecular flexibility index (Phi) is 3.98. The van der Waals surface area contributed by atoms with Crippen LogP contribution in [0.4, 0.5) is 11.5 Å². The largest absolute Gasteiger partial charge is 0.487 e. The Balaban J connectivity index is 1.90. The Morgan fingerprint density at radius 1 is 1.30 bits per heavy atom. The molecule has 23 heavy (non-hydrogen) atoms. The SMILES string of the molecule is CCc1nc(Cl)cc(Nc2ccc3c(c2)C(=O)CC(C)(C)O3)n1. The van der Waals surface area contributed by atoms with Crippen LogP contribution in [0.1, 0.15) is 43.4 Å². The number of nitrogens with one attached hydrogen (secondary N) is 1. The lowest BCUT2D eigenvalue weighted by molar-refractivity contribution is 0.0620. The van der Waals surface area contributed by atoms with Gasteiger partial charge in [0.2, 0.25) is 0 Å². The van der Waals surface area contributed by atoms with Crippen molar-refractivity contribution in [2.45, 2.75) is 39.2 Å². The summed E-state index contributed by atoms with van der Waals surface area (Å²) in [5.41, 5.74) is 0.886. The maximum atomic E-state index is 12.3. The summed E-state index contributed by atoms with van der Waals surface area (Å²) in [5, 5.41) is 3.55. The molecular formula is C17H18ClN3O2. The molecule has 3 rings (SSSR count).